The largest absolute Gasteiger partial charge is 0.374 e. The molecular weight excluding hydrogens is 104 g/mol. The minimum absolute atomic E-state index is 0.844. The molecule has 0 radical (unpaired) electrons. The first kappa shape index (κ1) is 5.15. The molecule has 8 heavy (non-hydrogen) atoms. The summed E-state index contributed by atoms with van der Waals surface area (Å²) in [5.74, 6) is 0.868. The van der Waals surface area contributed by atoms with Crippen molar-refractivity contribution >= 4 is 5.84 Å². The van der Waals surface area contributed by atoms with E-state index in [1.807, 2.05) is 13.1 Å². The second kappa shape index (κ2) is 2.35. The fraction of sp³-hybridized carbons (Fsp3) is 0.400. The van der Waals surface area contributed by atoms with Crippen LogP contribution >= 0.6 is 0 Å². The maximum atomic E-state index is 4.62. The quantitative estimate of drug-likeness (QED) is 0.493. The van der Waals surface area contributed by atoms with Crippen LogP contribution in [-0.2, 0) is 4.84 Å². The first-order valence-corrected chi connectivity index (χ1v) is 2.49. The van der Waals surface area contributed by atoms with Gasteiger partial charge in [-0.05, 0) is 6.08 Å². The Balaban J connectivity index is 2.43. The molecule has 0 fully saturated rings. The highest BCUT2D eigenvalue weighted by Gasteiger charge is 1.95. The van der Waals surface area contributed by atoms with E-state index in [2.05, 4.69) is 15.3 Å². The first-order chi connectivity index (χ1) is 3.93. The van der Waals surface area contributed by atoms with E-state index in [0.717, 1.165) is 12.3 Å². The summed E-state index contributed by atoms with van der Waals surface area (Å²) in [4.78, 5) is 4.62. The van der Waals surface area contributed by atoms with Crippen molar-refractivity contribution in [2.75, 3.05) is 7.05 Å². The number of amidine groups is 1. The second-order valence-electron chi connectivity index (χ2n) is 1.47. The molecule has 44 valence electrons. The molecule has 1 heterocycles. The Labute approximate surface area is 48.0 Å². The monoisotopic (exact) mass is 112 g/mol. The molecular formula is C5H8N2O. The molecule has 0 saturated heterocycles. The second-order valence-corrected chi connectivity index (χ2v) is 1.47. The molecule has 0 bridgehead atoms. The lowest BCUT2D eigenvalue weighted by Crippen LogP contribution is -2.18. The Morgan fingerprint density at radius 1 is 1.88 bits per heavy atom. The Morgan fingerprint density at radius 2 is 2.75 bits per heavy atom. The summed E-state index contributed by atoms with van der Waals surface area (Å²) in [5, 5.41) is 6.54. The lowest BCUT2D eigenvalue weighted by molar-refractivity contribution is 0.260. The summed E-state index contributed by atoms with van der Waals surface area (Å²) in [6.45, 7) is 0. The van der Waals surface area contributed by atoms with Gasteiger partial charge in [-0.15, -0.1) is 0 Å². The van der Waals surface area contributed by atoms with Gasteiger partial charge in [0.25, 0.3) is 0 Å². The summed E-state index contributed by atoms with van der Waals surface area (Å²) in [6.07, 6.45) is 4.32. The zero-order valence-corrected chi connectivity index (χ0v) is 4.72. The summed E-state index contributed by atoms with van der Waals surface area (Å²) in [7, 11) is 1.82. The molecule has 0 aliphatic carbocycles. The van der Waals surface area contributed by atoms with Gasteiger partial charge in [0.1, 0.15) is 12.1 Å². The first-order valence-electron chi connectivity index (χ1n) is 2.49. The third kappa shape index (κ3) is 0.992. The van der Waals surface area contributed by atoms with Crippen LogP contribution in [0.5, 0.6) is 0 Å². The number of nitrogens with zero attached hydrogens (tertiary/aromatic N) is 1. The topological polar surface area (TPSA) is 33.6 Å². The number of hydrogen-bond donors (Lipinski definition) is 1. The highest BCUT2D eigenvalue weighted by atomic mass is 16.6. The molecule has 3 heteroatoms. The molecule has 1 aliphatic heterocycles. The highest BCUT2D eigenvalue weighted by molar-refractivity contribution is 5.83. The third-order valence-electron chi connectivity index (χ3n) is 0.920. The third-order valence-corrected chi connectivity index (χ3v) is 0.920. The Morgan fingerprint density at radius 3 is 3.12 bits per heavy atom. The minimum Gasteiger partial charge on any atom is -0.374 e. The summed E-state index contributed by atoms with van der Waals surface area (Å²) < 4.78 is 0. The fourth-order valence-corrected chi connectivity index (χ4v) is 0.482. The van der Waals surface area contributed by atoms with E-state index in [1.165, 1.54) is 0 Å². The van der Waals surface area contributed by atoms with Gasteiger partial charge in [0.05, 0.1) is 0 Å². The van der Waals surface area contributed by atoms with Gasteiger partial charge < -0.3 is 10.2 Å². The molecule has 0 unspecified atom stereocenters. The van der Waals surface area contributed by atoms with Gasteiger partial charge in [-0.3, -0.25) is 0 Å². The van der Waals surface area contributed by atoms with Crippen LogP contribution in [0.25, 0.3) is 0 Å². The van der Waals surface area contributed by atoms with Crippen molar-refractivity contribution in [3.8, 4) is 0 Å². The van der Waals surface area contributed by atoms with E-state index in [4.69, 9.17) is 0 Å². The van der Waals surface area contributed by atoms with Crippen molar-refractivity contribution in [3.05, 3.63) is 12.3 Å². The van der Waals surface area contributed by atoms with Gasteiger partial charge in [0, 0.05) is 13.5 Å². The van der Waals surface area contributed by atoms with Crippen LogP contribution in [0.2, 0.25) is 0 Å². The van der Waals surface area contributed by atoms with Gasteiger partial charge >= 0.3 is 0 Å². The zero-order valence-electron chi connectivity index (χ0n) is 4.72. The van der Waals surface area contributed by atoms with Crippen LogP contribution in [0.1, 0.15) is 6.42 Å². The Bertz CT molecular complexity index is 128. The van der Waals surface area contributed by atoms with E-state index >= 15 is 0 Å². The van der Waals surface area contributed by atoms with Gasteiger partial charge in [0.2, 0.25) is 0 Å². The van der Waals surface area contributed by atoms with Crippen LogP contribution in [0.15, 0.2) is 17.5 Å². The number of oxime groups is 1. The lowest BCUT2D eigenvalue weighted by atomic mass is 10.4. The molecule has 0 aromatic carbocycles. The van der Waals surface area contributed by atoms with Crippen LogP contribution in [0.3, 0.4) is 0 Å². The van der Waals surface area contributed by atoms with Gasteiger partial charge in [0.15, 0.2) is 0 Å². The van der Waals surface area contributed by atoms with Crippen LogP contribution in [0, 0.1) is 0 Å². The van der Waals surface area contributed by atoms with Crippen molar-refractivity contribution in [2.24, 2.45) is 5.16 Å². The van der Waals surface area contributed by atoms with Crippen LogP contribution in [0.4, 0.5) is 0 Å². The predicted octanol–water partition coefficient (Wildman–Crippen LogP) is 0.453. The molecule has 1 N–H and O–H groups in total. The number of rotatable bonds is 0. The molecule has 1 rings (SSSR count). The summed E-state index contributed by atoms with van der Waals surface area (Å²) in [5.41, 5.74) is 0. The molecule has 0 spiro atoms. The van der Waals surface area contributed by atoms with Crippen molar-refractivity contribution in [1.29, 1.82) is 0 Å². The molecule has 0 atom stereocenters. The maximum absolute atomic E-state index is 4.62. The molecule has 3 nitrogen and oxygen atoms in total. The van der Waals surface area contributed by atoms with E-state index in [1.54, 1.807) is 6.26 Å². The predicted molar refractivity (Wildman–Crippen MR) is 31.3 cm³/mol. The summed E-state index contributed by atoms with van der Waals surface area (Å²) >= 11 is 0. The Hall–Kier alpha value is -0.990. The van der Waals surface area contributed by atoms with E-state index < -0.39 is 0 Å². The molecule has 0 aromatic rings. The average Bonchev–Trinajstić information content (AvgIpc) is 1.90. The van der Waals surface area contributed by atoms with Gasteiger partial charge in [-0.1, -0.05) is 5.16 Å². The summed E-state index contributed by atoms with van der Waals surface area (Å²) in [6, 6.07) is 0. The van der Waals surface area contributed by atoms with Crippen molar-refractivity contribution in [3.63, 3.8) is 0 Å². The zero-order chi connectivity index (χ0) is 5.82. The van der Waals surface area contributed by atoms with Crippen LogP contribution < -0.4 is 5.32 Å². The van der Waals surface area contributed by atoms with E-state index in [-0.39, 0.29) is 0 Å². The van der Waals surface area contributed by atoms with E-state index in [0.29, 0.717) is 0 Å². The van der Waals surface area contributed by atoms with Crippen LogP contribution in [-0.4, -0.2) is 12.9 Å². The normalized spacial score (nSPS) is 16.9. The van der Waals surface area contributed by atoms with Crippen molar-refractivity contribution < 1.29 is 4.84 Å². The van der Waals surface area contributed by atoms with Crippen molar-refractivity contribution in [1.82, 2.24) is 5.32 Å². The molecule has 0 amide bonds. The fourth-order valence-electron chi connectivity index (χ4n) is 0.482. The molecule has 0 saturated carbocycles. The highest BCUT2D eigenvalue weighted by Crippen LogP contribution is 1.94. The maximum Gasteiger partial charge on any atom is 0.146 e. The number of hydrogen-bond acceptors (Lipinski definition) is 3. The van der Waals surface area contributed by atoms with Gasteiger partial charge in [-0.2, -0.15) is 0 Å². The molecule has 0 aromatic heterocycles. The van der Waals surface area contributed by atoms with Crippen molar-refractivity contribution in [2.45, 2.75) is 6.42 Å². The standard InChI is InChI=1S/C5H8N2O/c1-6-5-3-2-4-8-7-5/h2,4H,3H2,1H3,(H,6,7). The average molecular weight is 112 g/mol. The van der Waals surface area contributed by atoms with Gasteiger partial charge in [-0.25, -0.2) is 0 Å². The molecule has 1 aliphatic rings. The SMILES string of the molecule is CNC1=NOC=CC1. The van der Waals surface area contributed by atoms with E-state index in [9.17, 15) is 0 Å². The smallest absolute Gasteiger partial charge is 0.146 e. The lowest BCUT2D eigenvalue weighted by Gasteiger charge is -2.03. The minimum atomic E-state index is 0.844. The Kier molecular flexibility index (Phi) is 1.51. The number of nitrogens with one attached hydrogen (secondary N) is 1.